The molecule has 0 fully saturated rings. The van der Waals surface area contributed by atoms with Crippen molar-refractivity contribution in [3.63, 3.8) is 0 Å². The predicted molar refractivity (Wildman–Crippen MR) is 153 cm³/mol. The number of carbonyl (C=O) groups excluding carboxylic acids is 1. The number of benzene rings is 2. The first kappa shape index (κ1) is 30.9. The van der Waals surface area contributed by atoms with Crippen molar-refractivity contribution in [2.75, 3.05) is 45.1 Å². The van der Waals surface area contributed by atoms with E-state index in [1.807, 2.05) is 27.9 Å². The minimum atomic E-state index is -3.86. The molecule has 0 saturated carbocycles. The molecule has 0 unspecified atom stereocenters. The highest BCUT2D eigenvalue weighted by Crippen LogP contribution is 2.29. The molecule has 1 aliphatic rings. The van der Waals surface area contributed by atoms with Gasteiger partial charge in [-0.15, -0.1) is 0 Å². The van der Waals surface area contributed by atoms with Gasteiger partial charge in [0.25, 0.3) is 15.9 Å². The van der Waals surface area contributed by atoms with E-state index < -0.39 is 16.1 Å². The van der Waals surface area contributed by atoms with Crippen LogP contribution in [0.2, 0.25) is 0 Å². The third-order valence-electron chi connectivity index (χ3n) is 6.90. The van der Waals surface area contributed by atoms with Gasteiger partial charge in [0, 0.05) is 31.3 Å². The van der Waals surface area contributed by atoms with Crippen molar-refractivity contribution >= 4 is 21.6 Å². The van der Waals surface area contributed by atoms with Crippen molar-refractivity contribution in [1.82, 2.24) is 9.80 Å². The molecule has 9 nitrogen and oxygen atoms in total. The number of nitrogens with zero attached hydrogens (tertiary/aromatic N) is 2. The average Bonchev–Trinajstić information content (AvgIpc) is 2.90. The summed E-state index contributed by atoms with van der Waals surface area (Å²) in [7, 11) is 0.132. The van der Waals surface area contributed by atoms with E-state index in [0.717, 1.165) is 19.3 Å². The number of anilines is 1. The number of carbonyl (C=O) groups is 1. The molecule has 0 bridgehead atoms. The summed E-state index contributed by atoms with van der Waals surface area (Å²) < 4.78 is 41.0. The second-order valence-corrected chi connectivity index (χ2v) is 12.4. The Bertz CT molecular complexity index is 1170. The summed E-state index contributed by atoms with van der Waals surface area (Å²) in [6.07, 6.45) is 2.33. The molecule has 0 aliphatic carbocycles. The SMILES string of the molecule is C[C@@H]1CCCCO[C@@H](CN(C)C)[C@H](C)CN([C@@H](C)CO)C(=O)c2cc(NS(=O)(=O)c3ccccc3)ccc2O1. The highest BCUT2D eigenvalue weighted by atomic mass is 32.2. The summed E-state index contributed by atoms with van der Waals surface area (Å²) in [4.78, 5) is 17.9. The summed E-state index contributed by atoms with van der Waals surface area (Å²) in [5, 5.41) is 10.0. The van der Waals surface area contributed by atoms with Crippen molar-refractivity contribution in [3.05, 3.63) is 54.1 Å². The lowest BCUT2D eigenvalue weighted by atomic mass is 10.0. The topological polar surface area (TPSA) is 108 Å². The van der Waals surface area contributed by atoms with Gasteiger partial charge in [-0.2, -0.15) is 0 Å². The van der Waals surface area contributed by atoms with E-state index in [2.05, 4.69) is 9.62 Å². The Balaban J connectivity index is 2.02. The first-order valence-electron chi connectivity index (χ1n) is 13.6. The lowest BCUT2D eigenvalue weighted by molar-refractivity contribution is -0.0137. The fourth-order valence-corrected chi connectivity index (χ4v) is 5.69. The van der Waals surface area contributed by atoms with Gasteiger partial charge in [-0.05, 0) is 77.5 Å². The maximum atomic E-state index is 14.1. The van der Waals surface area contributed by atoms with Gasteiger partial charge in [0.2, 0.25) is 0 Å². The van der Waals surface area contributed by atoms with Crippen LogP contribution in [0.15, 0.2) is 53.4 Å². The van der Waals surface area contributed by atoms with Gasteiger partial charge in [0.15, 0.2) is 0 Å². The lowest BCUT2D eigenvalue weighted by Gasteiger charge is -2.35. The van der Waals surface area contributed by atoms with E-state index in [9.17, 15) is 18.3 Å². The van der Waals surface area contributed by atoms with Crippen molar-refractivity contribution in [2.45, 2.75) is 63.2 Å². The molecule has 1 heterocycles. The number of likely N-dealkylation sites (N-methyl/N-ethyl adjacent to an activating group) is 1. The zero-order valence-electron chi connectivity index (χ0n) is 23.7. The molecule has 216 valence electrons. The van der Waals surface area contributed by atoms with Crippen LogP contribution in [0.4, 0.5) is 5.69 Å². The third-order valence-corrected chi connectivity index (χ3v) is 8.30. The monoisotopic (exact) mass is 561 g/mol. The molecule has 0 aromatic heterocycles. The van der Waals surface area contributed by atoms with Crippen LogP contribution in [0, 0.1) is 5.92 Å². The van der Waals surface area contributed by atoms with Gasteiger partial charge >= 0.3 is 0 Å². The van der Waals surface area contributed by atoms with E-state index in [4.69, 9.17) is 9.47 Å². The maximum absolute atomic E-state index is 14.1. The van der Waals surface area contributed by atoms with Crippen LogP contribution in [-0.4, -0.2) is 87.9 Å². The molecule has 0 radical (unpaired) electrons. The highest BCUT2D eigenvalue weighted by Gasteiger charge is 2.30. The first-order valence-corrected chi connectivity index (χ1v) is 15.1. The second kappa shape index (κ2) is 14.1. The zero-order chi connectivity index (χ0) is 28.6. The molecule has 1 aliphatic heterocycles. The third kappa shape index (κ3) is 8.66. The predicted octanol–water partition coefficient (Wildman–Crippen LogP) is 3.84. The maximum Gasteiger partial charge on any atom is 0.261 e. The molecule has 0 spiro atoms. The first-order chi connectivity index (χ1) is 18.5. The van der Waals surface area contributed by atoms with Crippen LogP contribution >= 0.6 is 0 Å². The number of aliphatic hydroxyl groups is 1. The van der Waals surface area contributed by atoms with E-state index in [0.29, 0.717) is 25.4 Å². The Morgan fingerprint density at radius 1 is 1.13 bits per heavy atom. The fraction of sp³-hybridized carbons (Fsp3) is 0.552. The molecule has 0 saturated heterocycles. The van der Waals surface area contributed by atoms with Gasteiger partial charge in [-0.1, -0.05) is 25.1 Å². The number of hydrogen-bond donors (Lipinski definition) is 2. The number of fused-ring (bicyclic) bond motifs is 1. The van der Waals surface area contributed by atoms with Crippen molar-refractivity contribution < 1.29 is 27.8 Å². The van der Waals surface area contributed by atoms with Gasteiger partial charge < -0.3 is 24.4 Å². The summed E-state index contributed by atoms with van der Waals surface area (Å²) >= 11 is 0. The highest BCUT2D eigenvalue weighted by molar-refractivity contribution is 7.92. The Morgan fingerprint density at radius 3 is 2.51 bits per heavy atom. The Labute approximate surface area is 233 Å². The molecule has 2 N–H and O–H groups in total. The van der Waals surface area contributed by atoms with Crippen LogP contribution in [-0.2, 0) is 14.8 Å². The van der Waals surface area contributed by atoms with Gasteiger partial charge in [0.1, 0.15) is 5.75 Å². The summed E-state index contributed by atoms with van der Waals surface area (Å²) in [6, 6.07) is 12.4. The van der Waals surface area contributed by atoms with E-state index >= 15 is 0 Å². The molecule has 2 aromatic rings. The Morgan fingerprint density at radius 2 is 1.85 bits per heavy atom. The number of ether oxygens (including phenoxy) is 2. The van der Waals surface area contributed by atoms with E-state index in [1.165, 1.54) is 18.2 Å². The fourth-order valence-electron chi connectivity index (χ4n) is 4.62. The molecule has 2 aromatic carbocycles. The number of aliphatic hydroxyl groups excluding tert-OH is 1. The average molecular weight is 562 g/mol. The van der Waals surface area contributed by atoms with Crippen LogP contribution < -0.4 is 9.46 Å². The van der Waals surface area contributed by atoms with Crippen molar-refractivity contribution in [1.29, 1.82) is 0 Å². The normalized spacial score (nSPS) is 22.5. The smallest absolute Gasteiger partial charge is 0.261 e. The summed E-state index contributed by atoms with van der Waals surface area (Å²) in [5.41, 5.74) is 0.492. The van der Waals surface area contributed by atoms with Gasteiger partial charge in [0.05, 0.1) is 35.3 Å². The Kier molecular flexibility index (Phi) is 11.2. The quantitative estimate of drug-likeness (QED) is 0.529. The Hall–Kier alpha value is -2.66. The number of hydrogen-bond acceptors (Lipinski definition) is 7. The summed E-state index contributed by atoms with van der Waals surface area (Å²) in [6.45, 7) is 7.27. The van der Waals surface area contributed by atoms with Crippen molar-refractivity contribution in [2.24, 2.45) is 5.92 Å². The summed E-state index contributed by atoms with van der Waals surface area (Å²) in [5.74, 6) is 0.0273. The van der Waals surface area contributed by atoms with Crippen LogP contribution in [0.1, 0.15) is 50.4 Å². The lowest BCUT2D eigenvalue weighted by Crippen LogP contribution is -2.47. The zero-order valence-corrected chi connectivity index (χ0v) is 24.5. The second-order valence-electron chi connectivity index (χ2n) is 10.7. The largest absolute Gasteiger partial charge is 0.490 e. The van der Waals surface area contributed by atoms with E-state index in [-0.39, 0.29) is 46.8 Å². The molecular weight excluding hydrogens is 518 g/mol. The standard InChI is InChI=1S/C29H43N3O6S/c1-21-18-32(22(2)20-33)29(34)26-17-24(30-39(35,36)25-12-7-6-8-13-25)14-15-27(26)38-23(3)11-9-10-16-37-28(21)19-31(4)5/h6-8,12-15,17,21-23,28,30,33H,9-11,16,18-20H2,1-5H3/t21-,22+,23-,28+/m1/s1. The molecule has 3 rings (SSSR count). The van der Waals surface area contributed by atoms with E-state index in [1.54, 1.807) is 42.2 Å². The molecule has 10 heteroatoms. The molecule has 39 heavy (non-hydrogen) atoms. The van der Waals surface area contributed by atoms with Crippen LogP contribution in [0.5, 0.6) is 5.75 Å². The van der Waals surface area contributed by atoms with Gasteiger partial charge in [-0.3, -0.25) is 9.52 Å². The number of sulfonamides is 1. The van der Waals surface area contributed by atoms with Crippen molar-refractivity contribution in [3.8, 4) is 5.75 Å². The van der Waals surface area contributed by atoms with Crippen LogP contribution in [0.3, 0.4) is 0 Å². The van der Waals surface area contributed by atoms with Crippen LogP contribution in [0.25, 0.3) is 0 Å². The minimum Gasteiger partial charge on any atom is -0.490 e. The molecule has 4 atom stereocenters. The minimum absolute atomic E-state index is 0.0173. The van der Waals surface area contributed by atoms with Gasteiger partial charge in [-0.25, -0.2) is 8.42 Å². The number of amides is 1. The number of rotatable bonds is 7. The molecular formula is C29H43N3O6S. The number of nitrogens with one attached hydrogen (secondary N) is 1. The molecule has 1 amide bonds.